The number of pyridine rings is 1. The van der Waals surface area contributed by atoms with Crippen LogP contribution in [0.15, 0.2) is 47.4 Å². The zero-order valence-electron chi connectivity index (χ0n) is 16.0. The van der Waals surface area contributed by atoms with Crippen LogP contribution in [0.25, 0.3) is 10.9 Å². The maximum Gasteiger partial charge on any atom is 0.334 e. The fourth-order valence-electron chi connectivity index (χ4n) is 4.82. The van der Waals surface area contributed by atoms with E-state index in [2.05, 4.69) is 0 Å². The second-order valence-corrected chi connectivity index (χ2v) is 8.50. The monoisotopic (exact) mass is 426 g/mol. The molecule has 0 saturated carbocycles. The van der Waals surface area contributed by atoms with Crippen LogP contribution in [0.3, 0.4) is 0 Å². The molecule has 2 aliphatic heterocycles. The zero-order chi connectivity index (χ0) is 21.0. The van der Waals surface area contributed by atoms with Gasteiger partial charge in [0, 0.05) is 54.0 Å². The molecule has 1 amide bonds. The number of likely N-dealkylation sites (tertiary alicyclic amines) is 1. The highest BCUT2D eigenvalue weighted by molar-refractivity contribution is 6.31. The first-order valence-corrected chi connectivity index (χ1v) is 10.2. The number of amides is 1. The van der Waals surface area contributed by atoms with Crippen LogP contribution in [0.1, 0.15) is 18.0 Å². The fourth-order valence-corrected chi connectivity index (χ4v) is 4.98. The van der Waals surface area contributed by atoms with Gasteiger partial charge in [0.25, 0.3) is 0 Å². The van der Waals surface area contributed by atoms with E-state index >= 15 is 0 Å². The standard InChI is InChI=1S/C21H19ClN4O4/c22-16-2-1-14-5-6-23(19(14)8-16)12-20(27)24-9-13-7-15(11-24)17-3-4-18(26(29)30)21(28)25(17)10-13/h1-6,8,13,15H,7,9-12H2. The fraction of sp³-hybridized carbons (Fsp3) is 0.333. The molecule has 5 rings (SSSR count). The van der Waals surface area contributed by atoms with E-state index in [-0.39, 0.29) is 24.3 Å². The summed E-state index contributed by atoms with van der Waals surface area (Å²) in [5, 5.41) is 12.7. The van der Waals surface area contributed by atoms with Crippen LogP contribution >= 0.6 is 11.6 Å². The zero-order valence-corrected chi connectivity index (χ0v) is 16.8. The lowest BCUT2D eigenvalue weighted by atomic mass is 9.83. The van der Waals surface area contributed by atoms with Gasteiger partial charge in [-0.2, -0.15) is 0 Å². The van der Waals surface area contributed by atoms with Gasteiger partial charge in [0.1, 0.15) is 6.54 Å². The molecule has 2 aromatic heterocycles. The molecular formula is C21H19ClN4O4. The smallest absolute Gasteiger partial charge is 0.334 e. The van der Waals surface area contributed by atoms with Crippen LogP contribution in [-0.2, 0) is 17.9 Å². The van der Waals surface area contributed by atoms with Gasteiger partial charge >= 0.3 is 11.2 Å². The SMILES string of the molecule is O=C(Cn1ccc2ccc(Cl)cc21)N1CC2CC(C1)c1ccc([N+](=O)[O-])c(=O)n1C2. The van der Waals surface area contributed by atoms with Crippen LogP contribution in [0, 0.1) is 16.0 Å². The van der Waals surface area contributed by atoms with Crippen molar-refractivity contribution in [1.29, 1.82) is 0 Å². The number of aromatic nitrogens is 2. The van der Waals surface area contributed by atoms with Crippen molar-refractivity contribution in [3.63, 3.8) is 0 Å². The number of nitro groups is 1. The van der Waals surface area contributed by atoms with E-state index in [1.54, 1.807) is 6.07 Å². The molecule has 154 valence electrons. The highest BCUT2D eigenvalue weighted by Gasteiger charge is 2.37. The molecule has 0 radical (unpaired) electrons. The van der Waals surface area contributed by atoms with Gasteiger partial charge in [0.2, 0.25) is 5.91 Å². The molecule has 0 aliphatic carbocycles. The second-order valence-electron chi connectivity index (χ2n) is 8.06. The third-order valence-corrected chi connectivity index (χ3v) is 6.41. The van der Waals surface area contributed by atoms with Crippen molar-refractivity contribution in [2.24, 2.45) is 5.92 Å². The van der Waals surface area contributed by atoms with Gasteiger partial charge in [-0.25, -0.2) is 0 Å². The predicted octanol–water partition coefficient (Wildman–Crippen LogP) is 3.01. The minimum Gasteiger partial charge on any atom is -0.340 e. The molecule has 0 spiro atoms. The molecule has 3 aromatic rings. The third kappa shape index (κ3) is 3.08. The van der Waals surface area contributed by atoms with Crippen molar-refractivity contribution >= 4 is 34.1 Å². The maximum absolute atomic E-state index is 13.1. The van der Waals surface area contributed by atoms with E-state index in [4.69, 9.17) is 11.6 Å². The van der Waals surface area contributed by atoms with E-state index in [1.165, 1.54) is 10.6 Å². The van der Waals surface area contributed by atoms with Crippen molar-refractivity contribution in [2.45, 2.75) is 25.4 Å². The summed E-state index contributed by atoms with van der Waals surface area (Å²) in [7, 11) is 0. The van der Waals surface area contributed by atoms with E-state index in [0.29, 0.717) is 24.7 Å². The predicted molar refractivity (Wildman–Crippen MR) is 112 cm³/mol. The summed E-state index contributed by atoms with van der Waals surface area (Å²) in [6, 6.07) is 10.5. The number of carbonyl (C=O) groups is 1. The van der Waals surface area contributed by atoms with Crippen LogP contribution in [0.5, 0.6) is 0 Å². The lowest BCUT2D eigenvalue weighted by Crippen LogP contribution is -2.50. The summed E-state index contributed by atoms with van der Waals surface area (Å²) >= 11 is 6.11. The summed E-state index contributed by atoms with van der Waals surface area (Å²) in [6.07, 6.45) is 2.76. The van der Waals surface area contributed by atoms with Crippen LogP contribution in [0.2, 0.25) is 5.02 Å². The first-order valence-electron chi connectivity index (χ1n) is 9.81. The number of hydrogen-bond donors (Lipinski definition) is 0. The van der Waals surface area contributed by atoms with Crippen molar-refractivity contribution in [1.82, 2.24) is 14.0 Å². The number of hydrogen-bond acceptors (Lipinski definition) is 4. The molecule has 2 bridgehead atoms. The minimum absolute atomic E-state index is 0.00537. The third-order valence-electron chi connectivity index (χ3n) is 6.18. The number of fused-ring (bicyclic) bond motifs is 5. The van der Waals surface area contributed by atoms with Crippen molar-refractivity contribution < 1.29 is 9.72 Å². The van der Waals surface area contributed by atoms with Gasteiger partial charge in [0.05, 0.1) is 4.92 Å². The molecule has 9 heteroatoms. The number of piperidine rings is 1. The molecule has 30 heavy (non-hydrogen) atoms. The largest absolute Gasteiger partial charge is 0.340 e. The van der Waals surface area contributed by atoms with Crippen molar-refractivity contribution in [3.8, 4) is 0 Å². The Labute approximate surface area is 176 Å². The number of halogens is 1. The van der Waals surface area contributed by atoms with E-state index in [1.807, 2.05) is 39.9 Å². The molecule has 1 aromatic carbocycles. The Kier molecular flexibility index (Phi) is 4.39. The summed E-state index contributed by atoms with van der Waals surface area (Å²) in [6.45, 7) is 1.67. The van der Waals surface area contributed by atoms with Gasteiger partial charge in [-0.05, 0) is 42.0 Å². The Morgan fingerprint density at radius 2 is 2.00 bits per heavy atom. The summed E-state index contributed by atoms with van der Waals surface area (Å²) in [4.78, 5) is 37.9. The van der Waals surface area contributed by atoms with Gasteiger partial charge in [-0.15, -0.1) is 0 Å². The Hall–Kier alpha value is -3.13. The Bertz CT molecular complexity index is 1250. The number of carbonyl (C=O) groups excluding carboxylic acids is 1. The topological polar surface area (TPSA) is 90.4 Å². The lowest BCUT2D eigenvalue weighted by Gasteiger charge is -2.42. The number of nitrogens with zero attached hydrogens (tertiary/aromatic N) is 4. The first-order chi connectivity index (χ1) is 14.4. The molecular weight excluding hydrogens is 408 g/mol. The molecule has 2 unspecified atom stereocenters. The van der Waals surface area contributed by atoms with Gasteiger partial charge in [-0.1, -0.05) is 17.7 Å². The van der Waals surface area contributed by atoms with Crippen LogP contribution in [-0.4, -0.2) is 38.0 Å². The van der Waals surface area contributed by atoms with E-state index in [9.17, 15) is 19.7 Å². The molecule has 8 nitrogen and oxygen atoms in total. The molecule has 2 aliphatic rings. The molecule has 2 atom stereocenters. The Morgan fingerprint density at radius 1 is 1.17 bits per heavy atom. The van der Waals surface area contributed by atoms with Gasteiger partial charge in [-0.3, -0.25) is 19.7 Å². The molecule has 0 N–H and O–H groups in total. The van der Waals surface area contributed by atoms with Crippen LogP contribution in [0.4, 0.5) is 5.69 Å². The van der Waals surface area contributed by atoms with Crippen molar-refractivity contribution in [3.05, 3.63) is 73.8 Å². The average molecular weight is 427 g/mol. The molecule has 1 saturated heterocycles. The number of benzene rings is 1. The highest BCUT2D eigenvalue weighted by Crippen LogP contribution is 2.35. The Balaban J connectivity index is 1.39. The second kappa shape index (κ2) is 6.98. The lowest BCUT2D eigenvalue weighted by molar-refractivity contribution is -0.386. The average Bonchev–Trinajstić information content (AvgIpc) is 3.10. The number of rotatable bonds is 3. The highest BCUT2D eigenvalue weighted by atomic mass is 35.5. The van der Waals surface area contributed by atoms with Gasteiger partial charge in [0.15, 0.2) is 0 Å². The quantitative estimate of drug-likeness (QED) is 0.475. The van der Waals surface area contributed by atoms with E-state index < -0.39 is 16.2 Å². The molecule has 1 fully saturated rings. The first kappa shape index (κ1) is 18.9. The summed E-state index contributed by atoms with van der Waals surface area (Å²) < 4.78 is 3.43. The van der Waals surface area contributed by atoms with Crippen LogP contribution < -0.4 is 5.56 Å². The van der Waals surface area contributed by atoms with Crippen molar-refractivity contribution in [2.75, 3.05) is 13.1 Å². The summed E-state index contributed by atoms with van der Waals surface area (Å²) in [5.74, 6) is 0.126. The summed E-state index contributed by atoms with van der Waals surface area (Å²) in [5.41, 5.74) is 0.738. The van der Waals surface area contributed by atoms with E-state index in [0.717, 1.165) is 23.0 Å². The Morgan fingerprint density at radius 3 is 2.80 bits per heavy atom. The minimum atomic E-state index is -0.635. The van der Waals surface area contributed by atoms with Gasteiger partial charge < -0.3 is 14.0 Å². The molecule has 4 heterocycles. The normalized spacial score (nSPS) is 20.2. The maximum atomic E-state index is 13.1.